The maximum Gasteiger partial charge on any atom is 0.231 e. The number of hydrogen-bond acceptors (Lipinski definition) is 2. The molecule has 0 saturated carbocycles. The molecule has 0 aliphatic heterocycles. The molecule has 3 nitrogen and oxygen atoms in total. The molecule has 1 amide bonds. The summed E-state index contributed by atoms with van der Waals surface area (Å²) in [5, 5.41) is 3.03. The number of benzene rings is 2. The molecule has 0 spiro atoms. The van der Waals surface area contributed by atoms with Gasteiger partial charge in [0.15, 0.2) is 0 Å². The first kappa shape index (κ1) is 13.7. The fourth-order valence-electron chi connectivity index (χ4n) is 3.10. The van der Waals surface area contributed by atoms with E-state index >= 15 is 0 Å². The molecule has 3 N–H and O–H groups in total. The van der Waals surface area contributed by atoms with Gasteiger partial charge in [0.25, 0.3) is 0 Å². The average Bonchev–Trinajstić information content (AvgIpc) is 2.50. The topological polar surface area (TPSA) is 55.1 Å². The van der Waals surface area contributed by atoms with Crippen LogP contribution in [-0.4, -0.2) is 5.91 Å². The molecule has 0 aromatic heterocycles. The summed E-state index contributed by atoms with van der Waals surface area (Å²) in [6.45, 7) is 1.96. The van der Waals surface area contributed by atoms with Gasteiger partial charge in [-0.2, -0.15) is 0 Å². The van der Waals surface area contributed by atoms with Crippen LogP contribution in [0.25, 0.3) is 0 Å². The molecule has 0 fully saturated rings. The zero-order valence-electron chi connectivity index (χ0n) is 12.2. The summed E-state index contributed by atoms with van der Waals surface area (Å²) >= 11 is 0. The van der Waals surface area contributed by atoms with Crippen LogP contribution in [0.1, 0.15) is 35.4 Å². The number of carbonyl (C=O) groups excluding carboxylic acids is 1. The van der Waals surface area contributed by atoms with Crippen LogP contribution in [0.4, 0.5) is 11.4 Å². The average molecular weight is 280 g/mol. The largest absolute Gasteiger partial charge is 0.397 e. The Morgan fingerprint density at radius 1 is 1.19 bits per heavy atom. The first-order valence-corrected chi connectivity index (χ1v) is 7.40. The van der Waals surface area contributed by atoms with Gasteiger partial charge in [0, 0.05) is 0 Å². The van der Waals surface area contributed by atoms with Crippen LogP contribution in [0.3, 0.4) is 0 Å². The van der Waals surface area contributed by atoms with Crippen molar-refractivity contribution in [2.45, 2.75) is 32.1 Å². The zero-order valence-corrected chi connectivity index (χ0v) is 12.2. The monoisotopic (exact) mass is 280 g/mol. The maximum absolute atomic E-state index is 12.7. The van der Waals surface area contributed by atoms with Crippen LogP contribution >= 0.6 is 0 Å². The van der Waals surface area contributed by atoms with E-state index < -0.39 is 0 Å². The summed E-state index contributed by atoms with van der Waals surface area (Å²) in [4.78, 5) is 12.7. The minimum absolute atomic E-state index is 0.0446. The maximum atomic E-state index is 12.7. The zero-order chi connectivity index (χ0) is 14.8. The molecule has 21 heavy (non-hydrogen) atoms. The Labute approximate surface area is 125 Å². The minimum atomic E-state index is -0.0750. The lowest BCUT2D eigenvalue weighted by Gasteiger charge is -2.25. The Kier molecular flexibility index (Phi) is 3.65. The highest BCUT2D eigenvalue weighted by molar-refractivity contribution is 5.99. The van der Waals surface area contributed by atoms with Gasteiger partial charge >= 0.3 is 0 Å². The van der Waals surface area contributed by atoms with Crippen molar-refractivity contribution in [3.63, 3.8) is 0 Å². The lowest BCUT2D eigenvalue weighted by atomic mass is 9.82. The highest BCUT2D eigenvalue weighted by Crippen LogP contribution is 2.33. The highest BCUT2D eigenvalue weighted by atomic mass is 16.1. The van der Waals surface area contributed by atoms with Gasteiger partial charge in [-0.1, -0.05) is 36.4 Å². The van der Waals surface area contributed by atoms with E-state index in [2.05, 4.69) is 17.4 Å². The molecule has 3 heteroatoms. The summed E-state index contributed by atoms with van der Waals surface area (Å²) in [6.07, 6.45) is 3.01. The van der Waals surface area contributed by atoms with Crippen molar-refractivity contribution in [1.82, 2.24) is 0 Å². The van der Waals surface area contributed by atoms with Crippen molar-refractivity contribution in [3.8, 4) is 0 Å². The normalized spacial score (nSPS) is 17.1. The van der Waals surface area contributed by atoms with E-state index in [4.69, 9.17) is 5.73 Å². The van der Waals surface area contributed by atoms with Crippen molar-refractivity contribution in [3.05, 3.63) is 59.2 Å². The van der Waals surface area contributed by atoms with Crippen LogP contribution in [0.2, 0.25) is 0 Å². The summed E-state index contributed by atoms with van der Waals surface area (Å²) in [6, 6.07) is 13.9. The second-order valence-electron chi connectivity index (χ2n) is 5.67. The first-order valence-electron chi connectivity index (χ1n) is 7.40. The molecule has 1 aliphatic rings. The van der Waals surface area contributed by atoms with Crippen LogP contribution in [-0.2, 0) is 11.2 Å². The van der Waals surface area contributed by atoms with Gasteiger partial charge in [-0.15, -0.1) is 0 Å². The number of hydrogen-bond donors (Lipinski definition) is 2. The molecule has 0 radical (unpaired) electrons. The van der Waals surface area contributed by atoms with Crippen molar-refractivity contribution in [2.24, 2.45) is 0 Å². The molecule has 0 heterocycles. The summed E-state index contributed by atoms with van der Waals surface area (Å²) < 4.78 is 0. The standard InChI is InChI=1S/C18H20N2O/c1-12-6-4-11-16(19)17(12)20-18(21)15-10-5-8-13-7-2-3-9-14(13)15/h2-4,6-7,9,11,15H,5,8,10,19H2,1H3,(H,20,21). The highest BCUT2D eigenvalue weighted by Gasteiger charge is 2.26. The molecule has 2 aromatic carbocycles. The Bertz CT molecular complexity index is 658. The summed E-state index contributed by atoms with van der Waals surface area (Å²) in [5.74, 6) is -0.0305. The van der Waals surface area contributed by atoms with Gasteiger partial charge in [-0.25, -0.2) is 0 Å². The number of fused-ring (bicyclic) bond motifs is 1. The van der Waals surface area contributed by atoms with E-state index in [0.29, 0.717) is 5.69 Å². The Balaban J connectivity index is 1.87. The SMILES string of the molecule is Cc1cccc(N)c1NC(=O)C1CCCc2ccccc21. The molecule has 1 unspecified atom stereocenters. The molecule has 0 saturated heterocycles. The number of carbonyl (C=O) groups is 1. The first-order chi connectivity index (χ1) is 10.2. The van der Waals surface area contributed by atoms with Crippen LogP contribution in [0, 0.1) is 6.92 Å². The number of nitrogens with one attached hydrogen (secondary N) is 1. The second-order valence-corrected chi connectivity index (χ2v) is 5.67. The van der Waals surface area contributed by atoms with Gasteiger partial charge in [0.1, 0.15) is 0 Å². The van der Waals surface area contributed by atoms with Crippen molar-refractivity contribution in [2.75, 3.05) is 11.1 Å². The van der Waals surface area contributed by atoms with Crippen molar-refractivity contribution in [1.29, 1.82) is 0 Å². The molecule has 3 rings (SSSR count). The predicted molar refractivity (Wildman–Crippen MR) is 86.3 cm³/mol. The number of aryl methyl sites for hydroxylation is 2. The third-order valence-corrected chi connectivity index (χ3v) is 4.24. The molecule has 2 aromatic rings. The van der Waals surface area contributed by atoms with Gasteiger partial charge in [0.2, 0.25) is 5.91 Å². The van der Waals surface area contributed by atoms with E-state index in [1.807, 2.05) is 37.3 Å². The quantitative estimate of drug-likeness (QED) is 0.825. The van der Waals surface area contributed by atoms with Crippen molar-refractivity contribution < 1.29 is 4.79 Å². The molecule has 0 bridgehead atoms. The number of nitrogen functional groups attached to an aromatic ring is 1. The number of para-hydroxylation sites is 1. The fourth-order valence-corrected chi connectivity index (χ4v) is 3.10. The Morgan fingerprint density at radius 3 is 2.81 bits per heavy atom. The number of amides is 1. The third kappa shape index (κ3) is 2.64. The molecule has 1 atom stereocenters. The number of nitrogens with two attached hydrogens (primary N) is 1. The lowest BCUT2D eigenvalue weighted by Crippen LogP contribution is -2.25. The fraction of sp³-hybridized carbons (Fsp3) is 0.278. The lowest BCUT2D eigenvalue weighted by molar-refractivity contribution is -0.117. The van der Waals surface area contributed by atoms with Crippen LogP contribution < -0.4 is 11.1 Å². The van der Waals surface area contributed by atoms with Crippen LogP contribution in [0.15, 0.2) is 42.5 Å². The number of rotatable bonds is 2. The Hall–Kier alpha value is -2.29. The predicted octanol–water partition coefficient (Wildman–Crippen LogP) is 3.64. The van der Waals surface area contributed by atoms with Gasteiger partial charge in [0.05, 0.1) is 17.3 Å². The number of anilines is 2. The molecular formula is C18H20N2O. The molecular weight excluding hydrogens is 260 g/mol. The van der Waals surface area contributed by atoms with Crippen molar-refractivity contribution >= 4 is 17.3 Å². The van der Waals surface area contributed by atoms with Gasteiger partial charge < -0.3 is 11.1 Å². The van der Waals surface area contributed by atoms with Crippen LogP contribution in [0.5, 0.6) is 0 Å². The van der Waals surface area contributed by atoms with Gasteiger partial charge in [-0.3, -0.25) is 4.79 Å². The van der Waals surface area contributed by atoms with E-state index in [1.165, 1.54) is 5.56 Å². The second kappa shape index (κ2) is 5.60. The minimum Gasteiger partial charge on any atom is -0.397 e. The van der Waals surface area contributed by atoms with E-state index in [9.17, 15) is 4.79 Å². The summed E-state index contributed by atoms with van der Waals surface area (Å²) in [5.41, 5.74) is 10.8. The van der Waals surface area contributed by atoms with E-state index in [1.54, 1.807) is 0 Å². The third-order valence-electron chi connectivity index (χ3n) is 4.24. The Morgan fingerprint density at radius 2 is 2.00 bits per heavy atom. The molecule has 1 aliphatic carbocycles. The smallest absolute Gasteiger partial charge is 0.231 e. The molecule has 108 valence electrons. The summed E-state index contributed by atoms with van der Waals surface area (Å²) in [7, 11) is 0. The van der Waals surface area contributed by atoms with E-state index in [0.717, 1.165) is 36.1 Å². The van der Waals surface area contributed by atoms with Gasteiger partial charge in [-0.05, 0) is 48.9 Å². The van der Waals surface area contributed by atoms with E-state index in [-0.39, 0.29) is 11.8 Å².